The van der Waals surface area contributed by atoms with Gasteiger partial charge in [0.25, 0.3) is 5.91 Å². The lowest BCUT2D eigenvalue weighted by Gasteiger charge is -2.23. The second kappa shape index (κ2) is 11.9. The summed E-state index contributed by atoms with van der Waals surface area (Å²) in [6.45, 7) is 2.04. The lowest BCUT2D eigenvalue weighted by Crippen LogP contribution is -2.54. The van der Waals surface area contributed by atoms with Crippen LogP contribution < -0.4 is 10.6 Å². The van der Waals surface area contributed by atoms with Gasteiger partial charge in [0, 0.05) is 18.8 Å². The molecule has 9 heteroatoms. The first-order valence-electron chi connectivity index (χ1n) is 9.78. The van der Waals surface area contributed by atoms with Gasteiger partial charge in [-0.25, -0.2) is 4.98 Å². The van der Waals surface area contributed by atoms with Crippen LogP contribution in [-0.2, 0) is 11.2 Å². The molecule has 2 aromatic rings. The summed E-state index contributed by atoms with van der Waals surface area (Å²) in [5, 5.41) is 24.6. The average molecular weight is 398 g/mol. The predicted molar refractivity (Wildman–Crippen MR) is 110 cm³/mol. The number of rotatable bonds is 11. The molecule has 29 heavy (non-hydrogen) atoms. The van der Waals surface area contributed by atoms with Crippen LogP contribution in [0.5, 0.6) is 0 Å². The molecule has 0 saturated heterocycles. The van der Waals surface area contributed by atoms with E-state index in [1.165, 1.54) is 18.6 Å². The Hall–Kier alpha value is -2.78. The number of nitrogens with one attached hydrogen (secondary N) is 2. The van der Waals surface area contributed by atoms with Gasteiger partial charge in [-0.2, -0.15) is 0 Å². The van der Waals surface area contributed by atoms with Crippen LogP contribution in [0.15, 0.2) is 48.9 Å². The maximum Gasteiger partial charge on any atom is 0.475 e. The van der Waals surface area contributed by atoms with E-state index in [1.807, 2.05) is 37.3 Å². The van der Waals surface area contributed by atoms with E-state index in [-0.39, 0.29) is 12.1 Å². The number of benzene rings is 1. The van der Waals surface area contributed by atoms with Gasteiger partial charge in [0.15, 0.2) is 0 Å². The van der Waals surface area contributed by atoms with E-state index in [1.54, 1.807) is 0 Å². The zero-order valence-electron chi connectivity index (χ0n) is 16.5. The van der Waals surface area contributed by atoms with Gasteiger partial charge in [-0.3, -0.25) is 14.6 Å². The average Bonchev–Trinajstić information content (AvgIpc) is 2.73. The molecule has 0 fully saturated rings. The Morgan fingerprint density at radius 3 is 2.48 bits per heavy atom. The van der Waals surface area contributed by atoms with E-state index in [9.17, 15) is 19.6 Å². The first kappa shape index (κ1) is 22.5. The number of hydrogen-bond acceptors (Lipinski definition) is 6. The highest BCUT2D eigenvalue weighted by molar-refractivity contribution is 6.43. The number of nitrogens with zero attached hydrogens (tertiary/aromatic N) is 2. The van der Waals surface area contributed by atoms with Crippen LogP contribution in [-0.4, -0.2) is 50.9 Å². The van der Waals surface area contributed by atoms with Crippen molar-refractivity contribution in [3.8, 4) is 0 Å². The molecule has 0 aliphatic rings. The van der Waals surface area contributed by atoms with Gasteiger partial charge in [0.05, 0.1) is 12.1 Å². The number of carbonyl (C=O) groups excluding carboxylic acids is 2. The van der Waals surface area contributed by atoms with Gasteiger partial charge in [-0.05, 0) is 12.0 Å². The second-order valence-electron chi connectivity index (χ2n) is 6.83. The minimum absolute atomic E-state index is 0.0973. The zero-order valence-corrected chi connectivity index (χ0v) is 16.5. The molecule has 1 heterocycles. The zero-order chi connectivity index (χ0) is 21.1. The predicted octanol–water partition coefficient (Wildman–Crippen LogP) is 0.895. The minimum Gasteiger partial charge on any atom is -0.426 e. The van der Waals surface area contributed by atoms with Crippen molar-refractivity contribution in [1.29, 1.82) is 0 Å². The van der Waals surface area contributed by atoms with Crippen molar-refractivity contribution in [3.63, 3.8) is 0 Å². The Balaban J connectivity index is 2.12. The molecule has 0 aliphatic carbocycles. The monoisotopic (exact) mass is 398 g/mol. The van der Waals surface area contributed by atoms with Crippen LogP contribution in [0.3, 0.4) is 0 Å². The Kier molecular flexibility index (Phi) is 9.26. The van der Waals surface area contributed by atoms with E-state index in [0.29, 0.717) is 6.42 Å². The summed E-state index contributed by atoms with van der Waals surface area (Å²) in [4.78, 5) is 33.2. The molecule has 2 rings (SSSR count). The van der Waals surface area contributed by atoms with Crippen molar-refractivity contribution in [2.24, 2.45) is 0 Å². The number of unbranched alkanes of at least 4 members (excludes halogenated alkanes) is 2. The molecule has 154 valence electrons. The van der Waals surface area contributed by atoms with Crippen molar-refractivity contribution in [1.82, 2.24) is 20.6 Å². The van der Waals surface area contributed by atoms with Gasteiger partial charge >= 0.3 is 7.12 Å². The third kappa shape index (κ3) is 7.63. The first-order chi connectivity index (χ1) is 14.0. The van der Waals surface area contributed by atoms with E-state index in [2.05, 4.69) is 20.6 Å². The fraction of sp³-hybridized carbons (Fsp3) is 0.400. The van der Waals surface area contributed by atoms with E-state index in [4.69, 9.17) is 0 Å². The fourth-order valence-corrected chi connectivity index (χ4v) is 2.90. The summed E-state index contributed by atoms with van der Waals surface area (Å²) < 4.78 is 0. The van der Waals surface area contributed by atoms with Crippen LogP contribution in [0, 0.1) is 0 Å². The van der Waals surface area contributed by atoms with Crippen molar-refractivity contribution in [2.45, 2.75) is 51.0 Å². The molecule has 0 aliphatic heterocycles. The number of amides is 2. The summed E-state index contributed by atoms with van der Waals surface area (Å²) >= 11 is 0. The van der Waals surface area contributed by atoms with E-state index >= 15 is 0 Å². The van der Waals surface area contributed by atoms with Crippen molar-refractivity contribution in [3.05, 3.63) is 60.2 Å². The van der Waals surface area contributed by atoms with Gasteiger partial charge in [-0.15, -0.1) is 0 Å². The Morgan fingerprint density at radius 2 is 1.86 bits per heavy atom. The standard InChI is InChI=1S/C20H27BN4O4/c1-2-3-5-10-18(21(28)29)25-19(26)16(13-15-8-6-4-7-9-15)24-20(27)17-14-22-11-12-23-17/h4,6-9,11-12,14,16,18,28-29H,2-3,5,10,13H2,1H3,(H,24,27)(H,25,26)/t16-,18-/m0/s1. The maximum absolute atomic E-state index is 12.9. The molecule has 2 amide bonds. The molecular formula is C20H27BN4O4. The van der Waals surface area contributed by atoms with Crippen LogP contribution in [0.4, 0.5) is 0 Å². The van der Waals surface area contributed by atoms with Crippen molar-refractivity contribution >= 4 is 18.9 Å². The summed E-state index contributed by atoms with van der Waals surface area (Å²) in [6, 6.07) is 8.37. The Labute approximate surface area is 170 Å². The summed E-state index contributed by atoms with van der Waals surface area (Å²) in [7, 11) is -1.68. The van der Waals surface area contributed by atoms with Crippen LogP contribution >= 0.6 is 0 Å². The molecule has 0 saturated carbocycles. The molecule has 0 spiro atoms. The highest BCUT2D eigenvalue weighted by Crippen LogP contribution is 2.08. The molecule has 0 radical (unpaired) electrons. The summed E-state index contributed by atoms with van der Waals surface area (Å²) in [5.74, 6) is -1.82. The summed E-state index contributed by atoms with van der Waals surface area (Å²) in [5.41, 5.74) is 0.958. The van der Waals surface area contributed by atoms with Crippen LogP contribution in [0.1, 0.15) is 48.7 Å². The van der Waals surface area contributed by atoms with Crippen molar-refractivity contribution in [2.75, 3.05) is 0 Å². The maximum atomic E-state index is 12.9. The topological polar surface area (TPSA) is 124 Å². The SMILES string of the molecule is CCCCC[C@H](NC(=O)[C@H](Cc1ccccc1)NC(=O)c1cnccn1)B(O)O. The summed E-state index contributed by atoms with van der Waals surface area (Å²) in [6.07, 6.45) is 7.52. The van der Waals surface area contributed by atoms with Gasteiger partial charge in [0.2, 0.25) is 5.91 Å². The van der Waals surface area contributed by atoms with Crippen LogP contribution in [0.25, 0.3) is 0 Å². The lowest BCUT2D eigenvalue weighted by molar-refractivity contribution is -0.123. The van der Waals surface area contributed by atoms with Crippen LogP contribution in [0.2, 0.25) is 0 Å². The quantitative estimate of drug-likeness (QED) is 0.329. The second-order valence-corrected chi connectivity index (χ2v) is 6.83. The van der Waals surface area contributed by atoms with E-state index in [0.717, 1.165) is 24.8 Å². The lowest BCUT2D eigenvalue weighted by atomic mass is 9.76. The Bertz CT molecular complexity index is 762. The molecule has 0 bridgehead atoms. The molecule has 1 aromatic carbocycles. The van der Waals surface area contributed by atoms with Gasteiger partial charge in [0.1, 0.15) is 11.7 Å². The smallest absolute Gasteiger partial charge is 0.426 e. The molecule has 4 N–H and O–H groups in total. The molecule has 8 nitrogen and oxygen atoms in total. The molecule has 0 unspecified atom stereocenters. The fourth-order valence-electron chi connectivity index (χ4n) is 2.90. The third-order valence-electron chi connectivity index (χ3n) is 4.51. The van der Waals surface area contributed by atoms with Crippen molar-refractivity contribution < 1.29 is 19.6 Å². The molecule has 1 aromatic heterocycles. The third-order valence-corrected chi connectivity index (χ3v) is 4.51. The van der Waals surface area contributed by atoms with Gasteiger partial charge in [-0.1, -0.05) is 56.5 Å². The highest BCUT2D eigenvalue weighted by atomic mass is 16.4. The molecular weight excluding hydrogens is 371 g/mol. The number of hydrogen-bond donors (Lipinski definition) is 4. The van der Waals surface area contributed by atoms with Gasteiger partial charge < -0.3 is 20.7 Å². The normalized spacial score (nSPS) is 12.7. The minimum atomic E-state index is -1.68. The molecule has 2 atom stereocenters. The first-order valence-corrected chi connectivity index (χ1v) is 9.78. The Morgan fingerprint density at radius 1 is 1.10 bits per heavy atom. The number of aromatic nitrogens is 2. The van der Waals surface area contributed by atoms with E-state index < -0.39 is 30.9 Å². The highest BCUT2D eigenvalue weighted by Gasteiger charge is 2.29. The largest absolute Gasteiger partial charge is 0.475 e. The number of carbonyl (C=O) groups is 2.